The summed E-state index contributed by atoms with van der Waals surface area (Å²) in [4.78, 5) is 28.5. The minimum absolute atomic E-state index is 0.0552. The molecule has 150 valence electrons. The van der Waals surface area contributed by atoms with E-state index in [1.807, 2.05) is 22.4 Å². The van der Waals surface area contributed by atoms with Gasteiger partial charge < -0.3 is 20.1 Å². The Morgan fingerprint density at radius 3 is 2.74 bits per heavy atom. The zero-order valence-electron chi connectivity index (χ0n) is 16.1. The summed E-state index contributed by atoms with van der Waals surface area (Å²) in [5.41, 5.74) is -1.10. The molecule has 1 aromatic rings. The molecule has 2 fully saturated rings. The van der Waals surface area contributed by atoms with Crippen LogP contribution in [-0.4, -0.2) is 53.7 Å². The van der Waals surface area contributed by atoms with Crippen molar-refractivity contribution in [3.63, 3.8) is 0 Å². The van der Waals surface area contributed by atoms with E-state index >= 15 is 0 Å². The first kappa shape index (κ1) is 20.3. The Balaban J connectivity index is 1.90. The van der Waals surface area contributed by atoms with Crippen LogP contribution in [0, 0.1) is 5.92 Å². The molecule has 2 N–H and O–H groups in total. The Morgan fingerprint density at radius 2 is 2.11 bits per heavy atom. The van der Waals surface area contributed by atoms with Gasteiger partial charge in [-0.25, -0.2) is 0 Å². The van der Waals surface area contributed by atoms with Crippen molar-refractivity contribution >= 4 is 23.2 Å². The van der Waals surface area contributed by atoms with Crippen LogP contribution in [0.2, 0.25) is 0 Å². The number of likely N-dealkylation sites (tertiary alicyclic amines) is 1. The zero-order valence-corrected chi connectivity index (χ0v) is 17.0. The quantitative estimate of drug-likeness (QED) is 0.804. The first-order valence-electron chi connectivity index (χ1n) is 9.78. The molecular formula is C20H30N2O4S. The van der Waals surface area contributed by atoms with Crippen molar-refractivity contribution in [1.82, 2.24) is 10.2 Å². The van der Waals surface area contributed by atoms with Crippen molar-refractivity contribution in [3.05, 3.63) is 22.4 Å². The number of carbonyl (C=O) groups is 2. The summed E-state index contributed by atoms with van der Waals surface area (Å²) in [5.74, 6) is -0.0644. The summed E-state index contributed by atoms with van der Waals surface area (Å²) in [6, 6.07) is 3.00. The summed E-state index contributed by atoms with van der Waals surface area (Å²) >= 11 is 1.55. The van der Waals surface area contributed by atoms with Gasteiger partial charge >= 0.3 is 0 Å². The van der Waals surface area contributed by atoms with Crippen LogP contribution in [0.15, 0.2) is 17.5 Å². The van der Waals surface area contributed by atoms with Crippen LogP contribution in [0.25, 0.3) is 0 Å². The van der Waals surface area contributed by atoms with Crippen molar-refractivity contribution in [2.45, 2.75) is 63.1 Å². The average Bonchev–Trinajstić information content (AvgIpc) is 3.18. The van der Waals surface area contributed by atoms with Gasteiger partial charge in [0, 0.05) is 24.4 Å². The first-order chi connectivity index (χ1) is 12.9. The van der Waals surface area contributed by atoms with Crippen molar-refractivity contribution in [3.8, 4) is 0 Å². The lowest BCUT2D eigenvalue weighted by atomic mass is 9.80. The second-order valence-corrected chi connectivity index (χ2v) is 8.89. The second-order valence-electron chi connectivity index (χ2n) is 7.91. The highest BCUT2D eigenvalue weighted by atomic mass is 32.1. The molecular weight excluding hydrogens is 364 g/mol. The lowest BCUT2D eigenvalue weighted by molar-refractivity contribution is -0.151. The first-order valence-corrected chi connectivity index (χ1v) is 10.7. The van der Waals surface area contributed by atoms with E-state index in [0.717, 1.165) is 30.6 Å². The van der Waals surface area contributed by atoms with Crippen molar-refractivity contribution in [1.29, 1.82) is 0 Å². The third kappa shape index (κ3) is 4.52. The minimum Gasteiger partial charge on any atom is -0.388 e. The summed E-state index contributed by atoms with van der Waals surface area (Å²) in [6.45, 7) is 2.18. The Labute approximate surface area is 164 Å². The summed E-state index contributed by atoms with van der Waals surface area (Å²) < 4.78 is 4.94. The molecule has 6 nitrogen and oxygen atoms in total. The number of aliphatic hydroxyl groups is 1. The van der Waals surface area contributed by atoms with E-state index in [2.05, 4.69) is 5.32 Å². The molecule has 1 aliphatic heterocycles. The number of methoxy groups -OCH3 is 1. The molecule has 1 saturated carbocycles. The number of hydrogen-bond donors (Lipinski definition) is 2. The molecule has 1 aliphatic carbocycles. The molecule has 3 rings (SSSR count). The molecule has 3 atom stereocenters. The van der Waals surface area contributed by atoms with Gasteiger partial charge in [0.25, 0.3) is 0 Å². The third-order valence-electron chi connectivity index (χ3n) is 5.84. The fraction of sp³-hybridized carbons (Fsp3) is 0.700. The lowest BCUT2D eigenvalue weighted by Gasteiger charge is -2.49. The molecule has 2 aliphatic rings. The van der Waals surface area contributed by atoms with E-state index in [4.69, 9.17) is 4.74 Å². The molecule has 1 aromatic heterocycles. The number of amides is 2. The number of rotatable bonds is 5. The largest absolute Gasteiger partial charge is 0.388 e. The van der Waals surface area contributed by atoms with Gasteiger partial charge in [-0.15, -0.1) is 11.3 Å². The predicted molar refractivity (Wildman–Crippen MR) is 104 cm³/mol. The van der Waals surface area contributed by atoms with E-state index in [-0.39, 0.29) is 30.4 Å². The lowest BCUT2D eigenvalue weighted by Crippen LogP contribution is -2.64. The monoisotopic (exact) mass is 394 g/mol. The van der Waals surface area contributed by atoms with E-state index in [0.29, 0.717) is 13.0 Å². The topological polar surface area (TPSA) is 78.9 Å². The maximum Gasteiger partial charge on any atom is 0.246 e. The van der Waals surface area contributed by atoms with E-state index in [1.165, 1.54) is 13.5 Å². The van der Waals surface area contributed by atoms with Crippen molar-refractivity contribution in [2.75, 3.05) is 20.3 Å². The third-order valence-corrected chi connectivity index (χ3v) is 6.79. The second kappa shape index (κ2) is 8.71. The fourth-order valence-electron chi connectivity index (χ4n) is 4.35. The normalized spacial score (nSPS) is 29.5. The molecule has 1 saturated heterocycles. The van der Waals surface area contributed by atoms with E-state index in [9.17, 15) is 14.7 Å². The van der Waals surface area contributed by atoms with Gasteiger partial charge in [-0.1, -0.05) is 25.3 Å². The summed E-state index contributed by atoms with van der Waals surface area (Å²) in [7, 11) is 1.47. The minimum atomic E-state index is -1.10. The number of nitrogens with zero attached hydrogens (tertiary/aromatic N) is 1. The Bertz CT molecular complexity index is 640. The Kier molecular flexibility index (Phi) is 6.55. The standard InChI is InChI=1S/C20H30N2O4S/c1-20(25)10-11-22(19(24)14-7-4-3-5-8-14)17(15-9-6-12-27-15)18(20)21-16(23)13-26-2/h6,9,12,14,17-18,25H,3-5,7-8,10-11,13H2,1-2H3,(H,21,23). The van der Waals surface area contributed by atoms with Gasteiger partial charge in [-0.2, -0.15) is 0 Å². The summed E-state index contributed by atoms with van der Waals surface area (Å²) in [6.07, 6.45) is 5.69. The Hall–Kier alpha value is -1.44. The van der Waals surface area contributed by atoms with Crippen LogP contribution in [0.3, 0.4) is 0 Å². The van der Waals surface area contributed by atoms with Crippen LogP contribution < -0.4 is 5.32 Å². The highest BCUT2D eigenvalue weighted by molar-refractivity contribution is 7.10. The van der Waals surface area contributed by atoms with Crippen molar-refractivity contribution < 1.29 is 19.4 Å². The SMILES string of the molecule is COCC(=O)NC1C(c2cccs2)N(C(=O)C2CCCCC2)CCC1(C)O. The predicted octanol–water partition coefficient (Wildman–Crippen LogP) is 2.48. The highest BCUT2D eigenvalue weighted by Gasteiger charge is 2.48. The van der Waals surface area contributed by atoms with Gasteiger partial charge in [0.2, 0.25) is 11.8 Å². The number of ether oxygens (including phenoxy) is 1. The van der Waals surface area contributed by atoms with Gasteiger partial charge in [0.1, 0.15) is 6.61 Å². The zero-order chi connectivity index (χ0) is 19.4. The van der Waals surface area contributed by atoms with Gasteiger partial charge in [0.15, 0.2) is 0 Å². The number of piperidine rings is 1. The van der Waals surface area contributed by atoms with Crippen LogP contribution in [-0.2, 0) is 14.3 Å². The van der Waals surface area contributed by atoms with E-state index in [1.54, 1.807) is 18.3 Å². The molecule has 0 aromatic carbocycles. The molecule has 2 heterocycles. The highest BCUT2D eigenvalue weighted by Crippen LogP contribution is 2.40. The van der Waals surface area contributed by atoms with E-state index < -0.39 is 11.6 Å². The molecule has 0 spiro atoms. The molecule has 3 unspecified atom stereocenters. The fourth-order valence-corrected chi connectivity index (χ4v) is 5.22. The van der Waals surface area contributed by atoms with Gasteiger partial charge in [0.05, 0.1) is 17.7 Å². The van der Waals surface area contributed by atoms with Crippen molar-refractivity contribution in [2.24, 2.45) is 5.92 Å². The molecule has 0 bridgehead atoms. The van der Waals surface area contributed by atoms with Crippen LogP contribution in [0.5, 0.6) is 0 Å². The van der Waals surface area contributed by atoms with Crippen LogP contribution in [0.4, 0.5) is 0 Å². The average molecular weight is 395 g/mol. The summed E-state index contributed by atoms with van der Waals surface area (Å²) in [5, 5.41) is 15.9. The smallest absolute Gasteiger partial charge is 0.246 e. The molecule has 0 radical (unpaired) electrons. The number of thiophene rings is 1. The van der Waals surface area contributed by atoms with Gasteiger partial charge in [-0.05, 0) is 37.6 Å². The molecule has 7 heteroatoms. The molecule has 27 heavy (non-hydrogen) atoms. The maximum atomic E-state index is 13.3. The number of nitrogens with one attached hydrogen (secondary N) is 1. The Morgan fingerprint density at radius 1 is 1.37 bits per heavy atom. The van der Waals surface area contributed by atoms with Gasteiger partial charge in [-0.3, -0.25) is 9.59 Å². The number of hydrogen-bond acceptors (Lipinski definition) is 5. The van der Waals surface area contributed by atoms with Crippen LogP contribution >= 0.6 is 11.3 Å². The van der Waals surface area contributed by atoms with Crippen LogP contribution in [0.1, 0.15) is 56.4 Å². The number of carbonyl (C=O) groups excluding carboxylic acids is 2. The molecule has 2 amide bonds. The maximum absolute atomic E-state index is 13.3.